The van der Waals surface area contributed by atoms with Gasteiger partial charge in [0.25, 0.3) is 35.4 Å². The van der Waals surface area contributed by atoms with Crippen LogP contribution in [0.5, 0.6) is 0 Å². The predicted molar refractivity (Wildman–Crippen MR) is 273 cm³/mol. The Labute approximate surface area is 437 Å². The van der Waals surface area contributed by atoms with E-state index < -0.39 is 83.0 Å². The summed E-state index contributed by atoms with van der Waals surface area (Å²) in [5, 5.41) is 12.9. The molecule has 6 aliphatic rings. The van der Waals surface area contributed by atoms with E-state index in [1.165, 1.54) is 25.3 Å². The Balaban J connectivity index is 0.000000176. The minimum absolute atomic E-state index is 0.0537. The molecule has 22 nitrogen and oxygen atoms in total. The van der Waals surface area contributed by atoms with Gasteiger partial charge in [-0.2, -0.15) is 0 Å². The van der Waals surface area contributed by atoms with E-state index in [1.807, 2.05) is 0 Å². The highest BCUT2D eigenvalue weighted by Crippen LogP contribution is 2.32. The van der Waals surface area contributed by atoms with Crippen LogP contribution >= 0.6 is 0 Å². The number of carbonyl (C=O) groups excluding carboxylic acids is 12. The van der Waals surface area contributed by atoms with Crippen LogP contribution in [0.1, 0.15) is 166 Å². The lowest BCUT2D eigenvalue weighted by Crippen LogP contribution is -2.54. The van der Waals surface area contributed by atoms with Crippen molar-refractivity contribution in [2.24, 2.45) is 11.5 Å². The van der Waals surface area contributed by atoms with E-state index >= 15 is 0 Å². The van der Waals surface area contributed by atoms with Gasteiger partial charge in [0.15, 0.2) is 0 Å². The number of piperidine rings is 3. The van der Waals surface area contributed by atoms with Gasteiger partial charge in [0.1, 0.15) is 23.9 Å². The molecule has 0 radical (unpaired) electrons. The fourth-order valence-corrected chi connectivity index (χ4v) is 9.11. The molecule has 0 aromatic heterocycles. The highest BCUT2D eigenvalue weighted by Gasteiger charge is 2.47. The molecule has 9 N–H and O–H groups in total. The molecular weight excluding hydrogens is 988 g/mol. The quantitative estimate of drug-likeness (QED) is 0.0799. The van der Waals surface area contributed by atoms with Crippen molar-refractivity contribution < 1.29 is 61.9 Å². The number of amides is 12. The maximum Gasteiger partial charge on any atom is 0.262 e. The van der Waals surface area contributed by atoms with Crippen molar-refractivity contribution in [3.05, 3.63) is 93.8 Å². The summed E-state index contributed by atoms with van der Waals surface area (Å²) in [6.07, 6.45) is 9.52. The Kier molecular flexibility index (Phi) is 19.9. The van der Waals surface area contributed by atoms with Crippen LogP contribution in [0.3, 0.4) is 0 Å². The van der Waals surface area contributed by atoms with Gasteiger partial charge >= 0.3 is 0 Å². The van der Waals surface area contributed by atoms with Gasteiger partial charge in [0.2, 0.25) is 35.4 Å². The first kappa shape index (κ1) is 57.2. The number of imide groups is 6. The summed E-state index contributed by atoms with van der Waals surface area (Å²) in [5.41, 5.74) is 13.4. The monoisotopic (exact) mass is 1050 g/mol. The van der Waals surface area contributed by atoms with E-state index in [2.05, 4.69) is 40.4 Å². The Morgan fingerprint density at radius 2 is 0.763 bits per heavy atom. The average molecular weight is 1050 g/mol. The van der Waals surface area contributed by atoms with E-state index in [4.69, 9.17) is 11.5 Å². The maximum atomic E-state index is 13.2. The number of unbranched alkanes of at least 4 members (excludes halogenated alkanes) is 5. The number of nitrogens with two attached hydrogens (primary N) is 2. The number of nitrogens with one attached hydrogen (secondary N) is 5. The largest absolute Gasteiger partial charge is 0.385 e. The van der Waals surface area contributed by atoms with Crippen LogP contribution in [0.4, 0.5) is 15.8 Å². The zero-order valence-electron chi connectivity index (χ0n) is 42.4. The zero-order valence-corrected chi connectivity index (χ0v) is 42.4. The standard InChI is InChI=1S/C18H21N3O4.C17H20N4O4.C13H9FN2O4.C5H13N/c1-2-3-4-9-19-11-5-6-12-13(10-11)18(25)21(17(12)24)14-7-8-15(22)20-16(14)23;18-7-1-2-8-19-10-3-4-11-12(9-10)17(25)21(16(11)24)13-5-6-14(22)20-15(13)23;14-6-1-2-7-8(5-6)13(20)16(12(7)19)9-3-4-10(17)15-11(9)18;1-2-3-4-5-6/h5-6,10,14,19H,2-4,7-9H2,1H3,(H,20,22,23);3-4,9,13,19H,1-2,5-8,18H2,(H,20,22,23);1-2,5,9H,3-4H2,(H,15,17,18);2-6H2,1H3. The number of nitrogens with zero attached hydrogens (tertiary/aromatic N) is 3. The topological polar surface area (TPSA) is 327 Å². The number of halogens is 1. The van der Waals surface area contributed by atoms with Crippen LogP contribution in [-0.4, -0.2) is 130 Å². The van der Waals surface area contributed by atoms with Crippen LogP contribution in [0.15, 0.2) is 54.6 Å². The summed E-state index contributed by atoms with van der Waals surface area (Å²) in [7, 11) is 0. The third kappa shape index (κ3) is 13.2. The third-order valence-corrected chi connectivity index (χ3v) is 13.2. The Hall–Kier alpha value is -8.05. The molecule has 6 aliphatic heterocycles. The molecule has 3 atom stereocenters. The van der Waals surface area contributed by atoms with Crippen LogP contribution in [0.2, 0.25) is 0 Å². The first-order valence-electron chi connectivity index (χ1n) is 25.6. The van der Waals surface area contributed by atoms with Crippen LogP contribution in [-0.2, 0) is 28.8 Å². The number of anilines is 2. The number of benzene rings is 3. The van der Waals surface area contributed by atoms with Crippen LogP contribution in [0.25, 0.3) is 0 Å². The summed E-state index contributed by atoms with van der Waals surface area (Å²) in [6.45, 7) is 7.30. The Morgan fingerprint density at radius 1 is 0.447 bits per heavy atom. The number of hydrogen-bond donors (Lipinski definition) is 7. The summed E-state index contributed by atoms with van der Waals surface area (Å²) >= 11 is 0. The van der Waals surface area contributed by atoms with Crippen LogP contribution in [0, 0.1) is 5.82 Å². The normalized spacial score (nSPS) is 19.6. The van der Waals surface area contributed by atoms with Crippen molar-refractivity contribution in [2.75, 3.05) is 36.8 Å². The molecule has 0 saturated carbocycles. The zero-order chi connectivity index (χ0) is 55.2. The fourth-order valence-electron chi connectivity index (χ4n) is 9.11. The van der Waals surface area contributed by atoms with Crippen molar-refractivity contribution in [3.63, 3.8) is 0 Å². The van der Waals surface area contributed by atoms with Crippen molar-refractivity contribution >= 4 is 82.3 Å². The molecule has 3 aromatic rings. The van der Waals surface area contributed by atoms with Gasteiger partial charge < -0.3 is 22.1 Å². The first-order chi connectivity index (χ1) is 36.4. The van der Waals surface area contributed by atoms with Gasteiger partial charge in [-0.1, -0.05) is 39.5 Å². The summed E-state index contributed by atoms with van der Waals surface area (Å²) in [6, 6.07) is 10.4. The lowest BCUT2D eigenvalue weighted by Gasteiger charge is -2.27. The second kappa shape index (κ2) is 26.4. The molecule has 3 aromatic carbocycles. The molecule has 9 rings (SSSR count). The third-order valence-electron chi connectivity index (χ3n) is 13.2. The molecule has 3 unspecified atom stereocenters. The minimum Gasteiger partial charge on any atom is -0.385 e. The molecule has 12 amide bonds. The van der Waals surface area contributed by atoms with Crippen molar-refractivity contribution in [2.45, 2.75) is 122 Å². The number of carbonyl (C=O) groups is 12. The van der Waals surface area contributed by atoms with Crippen LogP contribution < -0.4 is 38.1 Å². The van der Waals surface area contributed by atoms with Crippen molar-refractivity contribution in [3.8, 4) is 0 Å². The second-order valence-corrected chi connectivity index (χ2v) is 18.6. The highest BCUT2D eigenvalue weighted by molar-refractivity contribution is 6.25. The molecule has 23 heteroatoms. The van der Waals surface area contributed by atoms with E-state index in [0.717, 1.165) is 89.9 Å². The average Bonchev–Trinajstić information content (AvgIpc) is 3.90. The molecule has 404 valence electrons. The minimum atomic E-state index is -1.02. The molecule has 3 saturated heterocycles. The Morgan fingerprint density at radius 3 is 1.11 bits per heavy atom. The van der Waals surface area contributed by atoms with Gasteiger partial charge in [-0.25, -0.2) is 4.39 Å². The highest BCUT2D eigenvalue weighted by atomic mass is 19.1. The molecule has 76 heavy (non-hydrogen) atoms. The van der Waals surface area contributed by atoms with Gasteiger partial charge in [0.05, 0.1) is 33.4 Å². The summed E-state index contributed by atoms with van der Waals surface area (Å²) in [5.74, 6) is -7.02. The number of rotatable bonds is 16. The first-order valence-corrected chi connectivity index (χ1v) is 25.6. The van der Waals surface area contributed by atoms with E-state index in [9.17, 15) is 61.9 Å². The molecule has 3 fully saturated rings. The molecular formula is C53H63FN10O12. The van der Waals surface area contributed by atoms with Gasteiger partial charge in [-0.05, 0) is 113 Å². The fraction of sp³-hybridized carbons (Fsp3) is 0.434. The second-order valence-electron chi connectivity index (χ2n) is 18.6. The van der Waals surface area contributed by atoms with Gasteiger partial charge in [-0.3, -0.25) is 88.2 Å². The van der Waals surface area contributed by atoms with Crippen molar-refractivity contribution in [1.82, 2.24) is 30.7 Å². The molecule has 6 heterocycles. The van der Waals surface area contributed by atoms with E-state index in [-0.39, 0.29) is 72.6 Å². The van der Waals surface area contributed by atoms with E-state index in [1.54, 1.807) is 36.4 Å². The lowest BCUT2D eigenvalue weighted by atomic mass is 10.0. The maximum absolute atomic E-state index is 13.2. The summed E-state index contributed by atoms with van der Waals surface area (Å²) < 4.78 is 13.2. The Bertz CT molecular complexity index is 2690. The number of fused-ring (bicyclic) bond motifs is 3. The molecule has 0 spiro atoms. The predicted octanol–water partition coefficient (Wildman–Crippen LogP) is 3.29. The lowest BCUT2D eigenvalue weighted by molar-refractivity contribution is -0.137. The summed E-state index contributed by atoms with van der Waals surface area (Å²) in [4.78, 5) is 147. The number of hydrogen-bond acceptors (Lipinski definition) is 16. The van der Waals surface area contributed by atoms with E-state index in [0.29, 0.717) is 17.7 Å². The van der Waals surface area contributed by atoms with Gasteiger partial charge in [0, 0.05) is 43.7 Å². The van der Waals surface area contributed by atoms with Crippen molar-refractivity contribution in [1.29, 1.82) is 0 Å². The molecule has 0 aliphatic carbocycles. The van der Waals surface area contributed by atoms with Gasteiger partial charge in [-0.15, -0.1) is 0 Å². The smallest absolute Gasteiger partial charge is 0.262 e. The molecule has 0 bridgehead atoms. The SMILES string of the molecule is CCCCCN.CCCCCNc1ccc2c(c1)C(=O)N(C1CCC(=O)NC1=O)C2=O.NCCCCNc1ccc2c(c1)C(=O)N(C1CCC(=O)NC1=O)C2=O.O=C1CCC(N2C(=O)c3ccc(F)cc3C2=O)C(=O)N1.